The van der Waals surface area contributed by atoms with E-state index in [0.717, 1.165) is 12.8 Å². The summed E-state index contributed by atoms with van der Waals surface area (Å²) < 4.78 is 15.9. The lowest BCUT2D eigenvalue weighted by Crippen LogP contribution is -2.51. The number of methoxy groups -OCH3 is 1. The molecule has 4 heteroatoms. The normalized spacial score (nSPS) is 23.4. The molecule has 4 nitrogen and oxygen atoms in total. The van der Waals surface area contributed by atoms with Gasteiger partial charge in [0.1, 0.15) is 11.7 Å². The topological polar surface area (TPSA) is 47.9 Å². The highest BCUT2D eigenvalue weighted by Crippen LogP contribution is 2.29. The van der Waals surface area contributed by atoms with Crippen molar-refractivity contribution in [1.29, 1.82) is 0 Å². The molecule has 0 aromatic heterocycles. The summed E-state index contributed by atoms with van der Waals surface area (Å²) in [6, 6.07) is 0. The van der Waals surface area contributed by atoms with Crippen LogP contribution in [0.25, 0.3) is 0 Å². The summed E-state index contributed by atoms with van der Waals surface area (Å²) >= 11 is 0. The van der Waals surface area contributed by atoms with E-state index in [9.17, 15) is 5.11 Å². The maximum Gasteiger partial charge on any atom is 0.106 e. The van der Waals surface area contributed by atoms with Gasteiger partial charge in [0, 0.05) is 39.8 Å². The Bertz CT molecular complexity index is 149. The molecule has 1 N–H and O–H groups in total. The summed E-state index contributed by atoms with van der Waals surface area (Å²) in [6.45, 7) is 4.18. The lowest BCUT2D eigenvalue weighted by molar-refractivity contribution is -0.177. The molecule has 0 aromatic rings. The molecule has 0 saturated carbocycles. The van der Waals surface area contributed by atoms with Gasteiger partial charge in [-0.15, -0.1) is 0 Å². The van der Waals surface area contributed by atoms with Gasteiger partial charge in [-0.25, -0.2) is 0 Å². The summed E-state index contributed by atoms with van der Waals surface area (Å²) in [5.74, 6) is 0. The van der Waals surface area contributed by atoms with Gasteiger partial charge < -0.3 is 19.3 Å². The van der Waals surface area contributed by atoms with Crippen molar-refractivity contribution in [2.45, 2.75) is 31.5 Å². The van der Waals surface area contributed by atoms with Gasteiger partial charge in [0.05, 0.1) is 6.61 Å². The average Bonchev–Trinajstić information content (AvgIpc) is 2.20. The molecular weight excluding hydrogens is 184 g/mol. The molecule has 1 rings (SSSR count). The molecule has 0 aromatic carbocycles. The average molecular weight is 204 g/mol. The third-order valence-corrected chi connectivity index (χ3v) is 2.70. The van der Waals surface area contributed by atoms with E-state index in [1.54, 1.807) is 7.11 Å². The van der Waals surface area contributed by atoms with Gasteiger partial charge in [-0.3, -0.25) is 0 Å². The number of hydrogen-bond donors (Lipinski definition) is 1. The van der Waals surface area contributed by atoms with Crippen LogP contribution in [-0.4, -0.2) is 50.3 Å². The van der Waals surface area contributed by atoms with Crippen molar-refractivity contribution in [3.05, 3.63) is 0 Å². The van der Waals surface area contributed by atoms with Crippen molar-refractivity contribution in [2.75, 3.05) is 33.5 Å². The van der Waals surface area contributed by atoms with Gasteiger partial charge in [0.2, 0.25) is 0 Å². The third kappa shape index (κ3) is 2.67. The van der Waals surface area contributed by atoms with Gasteiger partial charge in [-0.05, 0) is 6.92 Å². The quantitative estimate of drug-likeness (QED) is 0.711. The van der Waals surface area contributed by atoms with E-state index in [-0.39, 0.29) is 0 Å². The predicted octanol–water partition coefficient (Wildman–Crippen LogP) is 0.579. The minimum Gasteiger partial charge on any atom is -0.388 e. The Morgan fingerprint density at radius 2 is 2.07 bits per heavy atom. The minimum absolute atomic E-state index is 0.319. The fourth-order valence-electron chi connectivity index (χ4n) is 1.89. The lowest BCUT2D eigenvalue weighted by atomic mass is 9.88. The smallest absolute Gasteiger partial charge is 0.106 e. The first-order chi connectivity index (χ1) is 6.75. The highest BCUT2D eigenvalue weighted by Gasteiger charge is 2.40. The first kappa shape index (κ1) is 11.9. The molecule has 0 bridgehead atoms. The molecule has 84 valence electrons. The number of aliphatic hydroxyl groups excluding tert-OH is 1. The largest absolute Gasteiger partial charge is 0.388 e. The molecule has 0 amide bonds. The molecule has 0 radical (unpaired) electrons. The Kier molecular flexibility index (Phi) is 4.81. The molecule has 1 heterocycles. The highest BCUT2D eigenvalue weighted by molar-refractivity contribution is 4.90. The summed E-state index contributed by atoms with van der Waals surface area (Å²) in [7, 11) is 1.59. The van der Waals surface area contributed by atoms with Crippen LogP contribution in [0, 0.1) is 0 Å². The molecule has 1 fully saturated rings. The first-order valence-corrected chi connectivity index (χ1v) is 5.14. The predicted molar refractivity (Wildman–Crippen MR) is 52.3 cm³/mol. The second-order valence-electron chi connectivity index (χ2n) is 3.58. The third-order valence-electron chi connectivity index (χ3n) is 2.70. The van der Waals surface area contributed by atoms with Crippen molar-refractivity contribution in [1.82, 2.24) is 0 Å². The summed E-state index contributed by atoms with van der Waals surface area (Å²) in [5, 5.41) is 9.95. The van der Waals surface area contributed by atoms with E-state index in [1.807, 2.05) is 6.92 Å². The van der Waals surface area contributed by atoms with Crippen LogP contribution in [0.1, 0.15) is 19.8 Å². The Balaban J connectivity index is 2.58. The standard InChI is InChI=1S/C10H20O4/c1-3-14-10(9(11)8-12-2)4-6-13-7-5-10/h9,11H,3-8H2,1-2H3. The molecule has 1 aliphatic heterocycles. The molecule has 1 aliphatic rings. The summed E-state index contributed by atoms with van der Waals surface area (Å²) in [5.41, 5.74) is -0.455. The SMILES string of the molecule is CCOC1(C(O)COC)CCOCC1. The minimum atomic E-state index is -0.559. The summed E-state index contributed by atoms with van der Waals surface area (Å²) in [4.78, 5) is 0. The molecule has 0 aliphatic carbocycles. The van der Waals surface area contributed by atoms with Crippen LogP contribution in [0.15, 0.2) is 0 Å². The van der Waals surface area contributed by atoms with Gasteiger partial charge in [-0.2, -0.15) is 0 Å². The van der Waals surface area contributed by atoms with Crippen LogP contribution in [0.4, 0.5) is 0 Å². The molecule has 1 saturated heterocycles. The van der Waals surface area contributed by atoms with Crippen molar-refractivity contribution in [3.8, 4) is 0 Å². The Labute approximate surface area is 85.2 Å². The molecule has 1 unspecified atom stereocenters. The van der Waals surface area contributed by atoms with Crippen LogP contribution in [-0.2, 0) is 14.2 Å². The van der Waals surface area contributed by atoms with Crippen molar-refractivity contribution >= 4 is 0 Å². The maximum atomic E-state index is 9.95. The first-order valence-electron chi connectivity index (χ1n) is 5.14. The number of ether oxygens (including phenoxy) is 3. The fraction of sp³-hybridized carbons (Fsp3) is 1.00. The Hall–Kier alpha value is -0.160. The van der Waals surface area contributed by atoms with Crippen LogP contribution < -0.4 is 0 Å². The van der Waals surface area contributed by atoms with Gasteiger partial charge in [-0.1, -0.05) is 0 Å². The zero-order chi connectivity index (χ0) is 10.4. The van der Waals surface area contributed by atoms with E-state index in [0.29, 0.717) is 26.4 Å². The lowest BCUT2D eigenvalue weighted by Gasteiger charge is -2.40. The zero-order valence-electron chi connectivity index (χ0n) is 8.99. The number of hydrogen-bond acceptors (Lipinski definition) is 4. The second-order valence-corrected chi connectivity index (χ2v) is 3.58. The molecular formula is C10H20O4. The van der Waals surface area contributed by atoms with E-state index in [1.165, 1.54) is 0 Å². The fourth-order valence-corrected chi connectivity index (χ4v) is 1.89. The van der Waals surface area contributed by atoms with Crippen molar-refractivity contribution < 1.29 is 19.3 Å². The van der Waals surface area contributed by atoms with Crippen LogP contribution in [0.3, 0.4) is 0 Å². The van der Waals surface area contributed by atoms with Crippen molar-refractivity contribution in [3.63, 3.8) is 0 Å². The number of rotatable bonds is 5. The van der Waals surface area contributed by atoms with Crippen LogP contribution in [0.5, 0.6) is 0 Å². The Morgan fingerprint density at radius 3 is 2.57 bits per heavy atom. The molecule has 1 atom stereocenters. The molecule has 0 spiro atoms. The van der Waals surface area contributed by atoms with E-state index >= 15 is 0 Å². The van der Waals surface area contributed by atoms with Crippen LogP contribution >= 0.6 is 0 Å². The maximum absolute atomic E-state index is 9.95. The molecule has 14 heavy (non-hydrogen) atoms. The van der Waals surface area contributed by atoms with Gasteiger partial charge in [0.15, 0.2) is 0 Å². The monoisotopic (exact) mass is 204 g/mol. The van der Waals surface area contributed by atoms with Gasteiger partial charge in [0.25, 0.3) is 0 Å². The second kappa shape index (κ2) is 5.66. The van der Waals surface area contributed by atoms with E-state index < -0.39 is 11.7 Å². The van der Waals surface area contributed by atoms with Crippen molar-refractivity contribution in [2.24, 2.45) is 0 Å². The van der Waals surface area contributed by atoms with E-state index in [2.05, 4.69) is 0 Å². The number of aliphatic hydroxyl groups is 1. The van der Waals surface area contributed by atoms with Gasteiger partial charge >= 0.3 is 0 Å². The summed E-state index contributed by atoms with van der Waals surface area (Å²) in [6.07, 6.45) is 0.924. The van der Waals surface area contributed by atoms with Crippen LogP contribution in [0.2, 0.25) is 0 Å². The Morgan fingerprint density at radius 1 is 1.43 bits per heavy atom. The van der Waals surface area contributed by atoms with E-state index in [4.69, 9.17) is 14.2 Å². The highest BCUT2D eigenvalue weighted by atomic mass is 16.5. The zero-order valence-corrected chi connectivity index (χ0v) is 8.99.